The van der Waals surface area contributed by atoms with Gasteiger partial charge >= 0.3 is 0 Å². The summed E-state index contributed by atoms with van der Waals surface area (Å²) in [5.41, 5.74) is 6.47. The first-order chi connectivity index (χ1) is 6.67. The van der Waals surface area contributed by atoms with Gasteiger partial charge in [0.2, 0.25) is 0 Å². The molecule has 0 aliphatic rings. The van der Waals surface area contributed by atoms with Gasteiger partial charge in [-0.2, -0.15) is 0 Å². The summed E-state index contributed by atoms with van der Waals surface area (Å²) in [5, 5.41) is 0. The van der Waals surface area contributed by atoms with E-state index in [4.69, 9.17) is 27.4 Å². The third-order valence-corrected chi connectivity index (χ3v) is 1.97. The van der Waals surface area contributed by atoms with E-state index in [1.807, 2.05) is 18.2 Å². The van der Waals surface area contributed by atoms with Crippen molar-refractivity contribution in [2.45, 2.75) is 6.42 Å². The lowest BCUT2D eigenvalue weighted by molar-refractivity contribution is 0.354. The second-order valence-electron chi connectivity index (χ2n) is 2.83. The van der Waals surface area contributed by atoms with Crippen LogP contribution >= 0.6 is 12.2 Å². The number of methoxy groups -OCH3 is 2. The molecule has 0 aliphatic carbocycles. The maximum atomic E-state index is 5.45. The summed E-state index contributed by atoms with van der Waals surface area (Å²) >= 11 is 4.82. The Morgan fingerprint density at radius 2 is 1.93 bits per heavy atom. The molecule has 3 nitrogen and oxygen atoms in total. The van der Waals surface area contributed by atoms with Crippen molar-refractivity contribution >= 4 is 17.2 Å². The summed E-state index contributed by atoms with van der Waals surface area (Å²) in [6.07, 6.45) is 0.579. The van der Waals surface area contributed by atoms with Gasteiger partial charge in [-0.1, -0.05) is 18.3 Å². The Morgan fingerprint density at radius 3 is 2.43 bits per heavy atom. The zero-order valence-electron chi connectivity index (χ0n) is 8.24. The summed E-state index contributed by atoms with van der Waals surface area (Å²) < 4.78 is 10.3. The van der Waals surface area contributed by atoms with Crippen molar-refractivity contribution < 1.29 is 9.47 Å². The Hall–Kier alpha value is -1.29. The molecule has 0 spiro atoms. The van der Waals surface area contributed by atoms with Gasteiger partial charge in [-0.3, -0.25) is 0 Å². The minimum atomic E-state index is 0.470. The van der Waals surface area contributed by atoms with Crippen LogP contribution in [0, 0.1) is 0 Å². The molecule has 0 saturated carbocycles. The van der Waals surface area contributed by atoms with E-state index in [0.717, 1.165) is 5.56 Å². The third kappa shape index (κ3) is 2.60. The Bertz CT molecular complexity index is 339. The molecule has 14 heavy (non-hydrogen) atoms. The molecule has 0 unspecified atom stereocenters. The summed E-state index contributed by atoms with van der Waals surface area (Å²) in [6, 6.07) is 5.63. The quantitative estimate of drug-likeness (QED) is 0.767. The maximum absolute atomic E-state index is 5.45. The van der Waals surface area contributed by atoms with Gasteiger partial charge in [0.05, 0.1) is 19.2 Å². The van der Waals surface area contributed by atoms with Crippen LogP contribution in [0.1, 0.15) is 5.56 Å². The molecule has 0 atom stereocenters. The molecule has 0 saturated heterocycles. The normalized spacial score (nSPS) is 9.57. The molecule has 1 aromatic carbocycles. The van der Waals surface area contributed by atoms with Crippen molar-refractivity contribution in [1.82, 2.24) is 0 Å². The van der Waals surface area contributed by atoms with Crippen molar-refractivity contribution in [2.24, 2.45) is 5.73 Å². The average Bonchev–Trinajstić information content (AvgIpc) is 2.16. The largest absolute Gasteiger partial charge is 0.493 e. The highest BCUT2D eigenvalue weighted by atomic mass is 32.1. The smallest absolute Gasteiger partial charge is 0.160 e. The number of benzene rings is 1. The molecular weight excluding hydrogens is 198 g/mol. The summed E-state index contributed by atoms with van der Waals surface area (Å²) in [7, 11) is 3.20. The lowest BCUT2D eigenvalue weighted by atomic mass is 10.1. The van der Waals surface area contributed by atoms with Gasteiger partial charge in [0.25, 0.3) is 0 Å². The predicted molar refractivity (Wildman–Crippen MR) is 60.0 cm³/mol. The first kappa shape index (κ1) is 10.8. The molecule has 0 aromatic heterocycles. The van der Waals surface area contributed by atoms with Gasteiger partial charge < -0.3 is 15.2 Å². The van der Waals surface area contributed by atoms with Crippen LogP contribution in [-0.4, -0.2) is 19.2 Å². The van der Waals surface area contributed by atoms with Crippen LogP contribution < -0.4 is 15.2 Å². The van der Waals surface area contributed by atoms with E-state index in [1.165, 1.54) is 0 Å². The number of ether oxygens (including phenoxy) is 2. The fourth-order valence-corrected chi connectivity index (χ4v) is 1.36. The molecule has 0 bridgehead atoms. The topological polar surface area (TPSA) is 44.5 Å². The summed E-state index contributed by atoms with van der Waals surface area (Å²) in [5.74, 6) is 1.40. The second kappa shape index (κ2) is 4.81. The van der Waals surface area contributed by atoms with Crippen molar-refractivity contribution in [3.05, 3.63) is 23.8 Å². The van der Waals surface area contributed by atoms with E-state index in [-0.39, 0.29) is 0 Å². The van der Waals surface area contributed by atoms with Crippen LogP contribution in [0.3, 0.4) is 0 Å². The van der Waals surface area contributed by atoms with E-state index in [9.17, 15) is 0 Å². The van der Waals surface area contributed by atoms with E-state index in [2.05, 4.69) is 0 Å². The molecule has 0 amide bonds. The lowest BCUT2D eigenvalue weighted by Crippen LogP contribution is -2.11. The Labute approximate surface area is 88.8 Å². The van der Waals surface area contributed by atoms with Crippen LogP contribution in [0.25, 0.3) is 0 Å². The predicted octanol–water partition coefficient (Wildman–Crippen LogP) is 1.53. The fourth-order valence-electron chi connectivity index (χ4n) is 1.19. The number of hydrogen-bond acceptors (Lipinski definition) is 3. The molecule has 0 heterocycles. The first-order valence-electron chi connectivity index (χ1n) is 4.16. The highest BCUT2D eigenvalue weighted by molar-refractivity contribution is 7.80. The third-order valence-electron chi connectivity index (χ3n) is 1.83. The monoisotopic (exact) mass is 211 g/mol. The van der Waals surface area contributed by atoms with Gasteiger partial charge in [-0.05, 0) is 17.7 Å². The van der Waals surface area contributed by atoms with Crippen molar-refractivity contribution in [3.63, 3.8) is 0 Å². The van der Waals surface area contributed by atoms with Crippen molar-refractivity contribution in [2.75, 3.05) is 14.2 Å². The number of hydrogen-bond donors (Lipinski definition) is 1. The van der Waals surface area contributed by atoms with Gasteiger partial charge in [-0.25, -0.2) is 0 Å². The number of nitrogens with two attached hydrogens (primary N) is 1. The Balaban J connectivity index is 2.95. The van der Waals surface area contributed by atoms with Crippen LogP contribution in [-0.2, 0) is 6.42 Å². The Morgan fingerprint density at radius 1 is 1.29 bits per heavy atom. The zero-order valence-corrected chi connectivity index (χ0v) is 9.06. The first-order valence-corrected chi connectivity index (χ1v) is 4.57. The molecule has 1 aromatic rings. The van der Waals surface area contributed by atoms with Crippen molar-refractivity contribution in [1.29, 1.82) is 0 Å². The van der Waals surface area contributed by atoms with Crippen LogP contribution in [0.4, 0.5) is 0 Å². The van der Waals surface area contributed by atoms with Gasteiger partial charge in [0.15, 0.2) is 11.5 Å². The van der Waals surface area contributed by atoms with Crippen molar-refractivity contribution in [3.8, 4) is 11.5 Å². The van der Waals surface area contributed by atoms with E-state index < -0.39 is 0 Å². The molecular formula is C10H13NO2S. The van der Waals surface area contributed by atoms with E-state index in [0.29, 0.717) is 22.9 Å². The minimum absolute atomic E-state index is 0.470. The average molecular weight is 211 g/mol. The van der Waals surface area contributed by atoms with Gasteiger partial charge in [0, 0.05) is 6.42 Å². The lowest BCUT2D eigenvalue weighted by Gasteiger charge is -2.08. The summed E-state index contributed by atoms with van der Waals surface area (Å²) in [6.45, 7) is 0. The molecule has 0 aliphatic heterocycles. The Kier molecular flexibility index (Phi) is 3.71. The highest BCUT2D eigenvalue weighted by Gasteiger charge is 2.04. The SMILES string of the molecule is COc1ccc(CC(N)=S)cc1OC. The molecule has 0 radical (unpaired) electrons. The zero-order chi connectivity index (χ0) is 10.6. The van der Waals surface area contributed by atoms with Crippen LogP contribution in [0.2, 0.25) is 0 Å². The minimum Gasteiger partial charge on any atom is -0.493 e. The molecule has 4 heteroatoms. The van der Waals surface area contributed by atoms with Crippen LogP contribution in [0.5, 0.6) is 11.5 Å². The maximum Gasteiger partial charge on any atom is 0.160 e. The van der Waals surface area contributed by atoms with Crippen LogP contribution in [0.15, 0.2) is 18.2 Å². The number of thiocarbonyl (C=S) groups is 1. The van der Waals surface area contributed by atoms with Gasteiger partial charge in [-0.15, -0.1) is 0 Å². The molecule has 2 N–H and O–H groups in total. The molecule has 76 valence electrons. The van der Waals surface area contributed by atoms with Gasteiger partial charge in [0.1, 0.15) is 0 Å². The second-order valence-corrected chi connectivity index (χ2v) is 3.36. The standard InChI is InChI=1S/C10H13NO2S/c1-12-8-4-3-7(6-10(11)14)5-9(8)13-2/h3-5H,6H2,1-2H3,(H2,11,14). The number of rotatable bonds is 4. The fraction of sp³-hybridized carbons (Fsp3) is 0.300. The molecule has 1 rings (SSSR count). The molecule has 0 fully saturated rings. The van der Waals surface area contributed by atoms with E-state index in [1.54, 1.807) is 14.2 Å². The highest BCUT2D eigenvalue weighted by Crippen LogP contribution is 2.27. The van der Waals surface area contributed by atoms with E-state index >= 15 is 0 Å². The summed E-state index contributed by atoms with van der Waals surface area (Å²) in [4.78, 5) is 0.470.